The minimum absolute atomic E-state index is 0. The molecule has 38 heavy (non-hydrogen) atoms. The van der Waals surface area contributed by atoms with E-state index in [0.29, 0.717) is 24.1 Å². The number of fused-ring (bicyclic) bond motifs is 2. The van der Waals surface area contributed by atoms with Crippen LogP contribution in [0.5, 0.6) is 0 Å². The highest BCUT2D eigenvalue weighted by molar-refractivity contribution is 7.89. The zero-order chi connectivity index (χ0) is 26.8. The summed E-state index contributed by atoms with van der Waals surface area (Å²) >= 11 is 0. The van der Waals surface area contributed by atoms with Crippen LogP contribution in [0.4, 0.5) is 18.9 Å². The molecule has 2 aromatic rings. The molecule has 1 amide bonds. The number of nitro benzene ring substituents is 1. The number of non-ortho nitro benzene ring substituents is 1. The van der Waals surface area contributed by atoms with Gasteiger partial charge in [-0.05, 0) is 66.6 Å². The smallest absolute Gasteiger partial charge is 0.330 e. The van der Waals surface area contributed by atoms with Crippen LogP contribution < -0.4 is 4.72 Å². The van der Waals surface area contributed by atoms with Gasteiger partial charge in [-0.15, -0.1) is 12.4 Å². The summed E-state index contributed by atoms with van der Waals surface area (Å²) in [5, 5.41) is 11.0. The minimum atomic E-state index is -4.94. The Morgan fingerprint density at radius 3 is 2.39 bits per heavy atom. The second-order valence-corrected chi connectivity index (χ2v) is 11.0. The number of nitrogens with zero attached hydrogens (tertiary/aromatic N) is 3. The maximum absolute atomic E-state index is 12.7. The summed E-state index contributed by atoms with van der Waals surface area (Å²) in [5.41, 5.74) is 3.24. The van der Waals surface area contributed by atoms with Gasteiger partial charge in [-0.1, -0.05) is 12.1 Å². The van der Waals surface area contributed by atoms with Crippen LogP contribution in [-0.2, 0) is 40.7 Å². The Kier molecular flexibility index (Phi) is 9.39. The third-order valence-electron chi connectivity index (χ3n) is 6.72. The monoisotopic (exact) mass is 576 g/mol. The van der Waals surface area contributed by atoms with Crippen molar-refractivity contribution >= 4 is 34.0 Å². The number of nitro groups is 1. The van der Waals surface area contributed by atoms with Gasteiger partial charge < -0.3 is 4.90 Å². The number of rotatable bonds is 8. The average molecular weight is 577 g/mol. The Bertz CT molecular complexity index is 1310. The summed E-state index contributed by atoms with van der Waals surface area (Å²) < 4.78 is 66.1. The minimum Gasteiger partial charge on any atom is -0.330 e. The third-order valence-corrected chi connectivity index (χ3v) is 8.17. The zero-order valence-corrected chi connectivity index (χ0v) is 22.0. The van der Waals surface area contributed by atoms with Gasteiger partial charge in [0.25, 0.3) is 5.69 Å². The van der Waals surface area contributed by atoms with Gasteiger partial charge in [0.05, 0.1) is 9.82 Å². The summed E-state index contributed by atoms with van der Waals surface area (Å²) in [6, 6.07) is 9.19. The Balaban J connectivity index is 0.00000400. The topological polar surface area (TPSA) is 113 Å². The maximum Gasteiger partial charge on any atom is 0.471 e. The molecule has 2 heterocycles. The van der Waals surface area contributed by atoms with Crippen molar-refractivity contribution < 1.29 is 31.3 Å². The molecule has 0 fully saturated rings. The first kappa shape index (κ1) is 29.8. The van der Waals surface area contributed by atoms with Crippen LogP contribution in [0.1, 0.15) is 35.1 Å². The number of amides is 1. The molecular formula is C24H28ClF3N4O5S. The van der Waals surface area contributed by atoms with Gasteiger partial charge >= 0.3 is 12.1 Å². The first-order chi connectivity index (χ1) is 17.4. The molecule has 1 N–H and O–H groups in total. The van der Waals surface area contributed by atoms with Crippen molar-refractivity contribution in [3.05, 3.63) is 68.8 Å². The number of sulfonamides is 1. The fraction of sp³-hybridized carbons (Fsp3) is 0.458. The molecule has 2 aliphatic heterocycles. The lowest BCUT2D eigenvalue weighted by molar-refractivity contribution is -0.385. The molecule has 0 bridgehead atoms. The molecule has 208 valence electrons. The lowest BCUT2D eigenvalue weighted by Gasteiger charge is -2.29. The van der Waals surface area contributed by atoms with E-state index in [1.54, 1.807) is 12.1 Å². The second-order valence-electron chi connectivity index (χ2n) is 9.25. The van der Waals surface area contributed by atoms with Crippen LogP contribution in [0, 0.1) is 10.1 Å². The highest BCUT2D eigenvalue weighted by Gasteiger charge is 2.43. The van der Waals surface area contributed by atoms with Gasteiger partial charge in [-0.3, -0.25) is 19.8 Å². The number of nitrogens with one attached hydrogen (secondary N) is 1. The Morgan fingerprint density at radius 1 is 0.974 bits per heavy atom. The van der Waals surface area contributed by atoms with Gasteiger partial charge in [-0.2, -0.15) is 13.2 Å². The van der Waals surface area contributed by atoms with Crippen molar-refractivity contribution in [2.45, 2.75) is 49.8 Å². The maximum atomic E-state index is 12.7. The van der Waals surface area contributed by atoms with E-state index in [2.05, 4.69) is 9.62 Å². The van der Waals surface area contributed by atoms with Gasteiger partial charge in [0, 0.05) is 44.9 Å². The quantitative estimate of drug-likeness (QED) is 0.292. The van der Waals surface area contributed by atoms with Gasteiger partial charge in [-0.25, -0.2) is 13.1 Å². The molecule has 0 radical (unpaired) electrons. The van der Waals surface area contributed by atoms with E-state index >= 15 is 0 Å². The van der Waals surface area contributed by atoms with Crippen molar-refractivity contribution in [3.8, 4) is 0 Å². The molecule has 0 unspecified atom stereocenters. The molecule has 0 saturated heterocycles. The second kappa shape index (κ2) is 12.0. The molecule has 0 saturated carbocycles. The molecule has 0 aliphatic carbocycles. The summed E-state index contributed by atoms with van der Waals surface area (Å²) in [4.78, 5) is 25.1. The largest absolute Gasteiger partial charge is 0.471 e. The lowest BCUT2D eigenvalue weighted by atomic mass is 9.99. The number of benzene rings is 2. The number of hydrogen-bond acceptors (Lipinski definition) is 6. The number of carbonyl (C=O) groups is 1. The molecule has 0 spiro atoms. The van der Waals surface area contributed by atoms with Crippen molar-refractivity contribution in [3.63, 3.8) is 0 Å². The van der Waals surface area contributed by atoms with E-state index in [1.165, 1.54) is 24.3 Å². The molecule has 0 atom stereocenters. The highest BCUT2D eigenvalue weighted by atomic mass is 35.5. The Hall–Kier alpha value is -2.74. The molecule has 0 aromatic heterocycles. The van der Waals surface area contributed by atoms with Crippen LogP contribution in [0.25, 0.3) is 0 Å². The molecular weight excluding hydrogens is 549 g/mol. The number of unbranched alkanes of at least 4 members (excludes halogenated alkanes) is 1. The number of alkyl halides is 3. The van der Waals surface area contributed by atoms with E-state index in [4.69, 9.17) is 0 Å². The van der Waals surface area contributed by atoms with Gasteiger partial charge in [0.2, 0.25) is 10.0 Å². The van der Waals surface area contributed by atoms with E-state index in [1.807, 2.05) is 0 Å². The van der Waals surface area contributed by atoms with Gasteiger partial charge in [0.15, 0.2) is 0 Å². The van der Waals surface area contributed by atoms with Crippen molar-refractivity contribution in [2.24, 2.45) is 0 Å². The van der Waals surface area contributed by atoms with Gasteiger partial charge in [0.1, 0.15) is 0 Å². The van der Waals surface area contributed by atoms with E-state index in [0.717, 1.165) is 42.0 Å². The molecule has 2 aliphatic rings. The highest BCUT2D eigenvalue weighted by Crippen LogP contribution is 2.27. The van der Waals surface area contributed by atoms with Crippen LogP contribution in [-0.4, -0.2) is 61.4 Å². The number of hydrogen-bond donors (Lipinski definition) is 1. The molecule has 2 aromatic carbocycles. The van der Waals surface area contributed by atoms with E-state index in [9.17, 15) is 36.5 Å². The predicted molar refractivity (Wildman–Crippen MR) is 135 cm³/mol. The van der Waals surface area contributed by atoms with Crippen LogP contribution in [0.15, 0.2) is 41.3 Å². The first-order valence-corrected chi connectivity index (χ1v) is 13.4. The van der Waals surface area contributed by atoms with Crippen molar-refractivity contribution in [1.82, 2.24) is 14.5 Å². The summed E-state index contributed by atoms with van der Waals surface area (Å²) in [6.07, 6.45) is -2.66. The zero-order valence-electron chi connectivity index (χ0n) is 20.4. The molecule has 9 nitrogen and oxygen atoms in total. The summed E-state index contributed by atoms with van der Waals surface area (Å²) in [6.45, 7) is 2.06. The standard InChI is InChI=1S/C24H27F3N4O5S.ClH/c25-24(26,27)23(32)30-12-8-18-14-22(6-4-19(18)16-30)37(35,36)28-9-1-2-10-29-11-7-17-3-5-21(31(33)34)13-20(17)15-29;/h3-6,13-14,28H,1-2,7-12,15-16H2;1H. The van der Waals surface area contributed by atoms with Crippen molar-refractivity contribution in [2.75, 3.05) is 26.2 Å². The van der Waals surface area contributed by atoms with Crippen LogP contribution in [0.3, 0.4) is 0 Å². The average Bonchev–Trinajstić information content (AvgIpc) is 2.86. The summed E-state index contributed by atoms with van der Waals surface area (Å²) in [7, 11) is -3.79. The Labute approximate surface area is 224 Å². The van der Waals surface area contributed by atoms with E-state index in [-0.39, 0.29) is 49.0 Å². The van der Waals surface area contributed by atoms with Crippen molar-refractivity contribution in [1.29, 1.82) is 0 Å². The summed E-state index contributed by atoms with van der Waals surface area (Å²) in [5.74, 6) is -1.90. The Morgan fingerprint density at radius 2 is 1.68 bits per heavy atom. The normalized spacial score (nSPS) is 15.8. The third kappa shape index (κ3) is 7.01. The predicted octanol–water partition coefficient (Wildman–Crippen LogP) is 3.58. The molecule has 14 heteroatoms. The number of halogens is 4. The fourth-order valence-electron chi connectivity index (χ4n) is 4.71. The molecule has 4 rings (SSSR count). The van der Waals surface area contributed by atoms with E-state index < -0.39 is 27.0 Å². The van der Waals surface area contributed by atoms with Crippen LogP contribution in [0.2, 0.25) is 0 Å². The lowest BCUT2D eigenvalue weighted by Crippen LogP contribution is -2.43. The SMILES string of the molecule is Cl.O=C(N1CCc2cc(S(=O)(=O)NCCCCN3CCc4ccc([N+](=O)[O-])cc4C3)ccc2C1)C(F)(F)F. The number of carbonyl (C=O) groups excluding carboxylic acids is 1. The first-order valence-electron chi connectivity index (χ1n) is 11.9. The fourth-order valence-corrected chi connectivity index (χ4v) is 5.83. The van der Waals surface area contributed by atoms with Crippen LogP contribution >= 0.6 is 12.4 Å².